The van der Waals surface area contributed by atoms with Crippen molar-refractivity contribution in [1.29, 1.82) is 0 Å². The molecule has 0 aliphatic carbocycles. The van der Waals surface area contributed by atoms with E-state index in [1.165, 1.54) is 32.2 Å². The van der Waals surface area contributed by atoms with Crippen molar-refractivity contribution in [2.45, 2.75) is 36.2 Å². The van der Waals surface area contributed by atoms with Crippen LogP contribution in [0.2, 0.25) is 0 Å². The number of sulfone groups is 1. The molecule has 5 rings (SSSR count). The van der Waals surface area contributed by atoms with Crippen molar-refractivity contribution in [2.24, 2.45) is 0 Å². The Hall–Kier alpha value is -3.70. The number of nitrogens with two attached hydrogens (primary N) is 1. The van der Waals surface area contributed by atoms with Crippen LogP contribution in [0, 0.1) is 0 Å². The summed E-state index contributed by atoms with van der Waals surface area (Å²) in [5, 5.41) is 11.3. The number of benzene rings is 2. The molecule has 1 unspecified atom stereocenters. The maximum atomic E-state index is 15.1. The van der Waals surface area contributed by atoms with E-state index in [1.54, 1.807) is 6.07 Å². The molecule has 9 nitrogen and oxygen atoms in total. The van der Waals surface area contributed by atoms with E-state index in [4.69, 9.17) is 10.2 Å². The topological polar surface area (TPSA) is 137 Å². The second kappa shape index (κ2) is 8.21. The third-order valence-electron chi connectivity index (χ3n) is 6.18. The first-order chi connectivity index (χ1) is 16.6. The van der Waals surface area contributed by atoms with Crippen molar-refractivity contribution in [2.75, 3.05) is 12.8 Å². The fraction of sp³-hybridized carbons (Fsp3) is 0.250. The minimum Gasteiger partial charge on any atom is -0.414 e. The maximum Gasteiger partial charge on any atom is 0.270 e. The van der Waals surface area contributed by atoms with E-state index < -0.39 is 20.8 Å². The number of nitrogen functional groups attached to an aromatic ring is 1. The molecule has 1 aliphatic heterocycles. The number of nitrogens with one attached hydrogen (secondary N) is 1. The van der Waals surface area contributed by atoms with Crippen LogP contribution < -0.4 is 11.1 Å². The zero-order valence-electron chi connectivity index (χ0n) is 19.3. The Morgan fingerprint density at radius 1 is 1.09 bits per heavy atom. The average Bonchev–Trinajstić information content (AvgIpc) is 3.38. The maximum absolute atomic E-state index is 15.1. The van der Waals surface area contributed by atoms with Crippen molar-refractivity contribution in [3.05, 3.63) is 59.8 Å². The standard InChI is InChI=1S/C24H23FN6O3S/c1-24(2)20(25)16-10-15(8-9-18(16)35(24,32)33)17-12-28-21(26)19(29-17)23-31-30-22(34-23)14-6-4-13(5-7-14)11-27-3/h4-10,12,20,27H,11H2,1-3H3,(H2,26,28). The molecule has 1 atom stereocenters. The highest BCUT2D eigenvalue weighted by molar-refractivity contribution is 7.93. The minimum absolute atomic E-state index is 0.00958. The number of hydrogen-bond donors (Lipinski definition) is 2. The zero-order valence-corrected chi connectivity index (χ0v) is 20.1. The van der Waals surface area contributed by atoms with Gasteiger partial charge in [0.25, 0.3) is 5.89 Å². The van der Waals surface area contributed by atoms with Gasteiger partial charge in [-0.25, -0.2) is 22.8 Å². The van der Waals surface area contributed by atoms with Gasteiger partial charge in [-0.15, -0.1) is 10.2 Å². The lowest BCUT2D eigenvalue weighted by Crippen LogP contribution is -2.30. The Balaban J connectivity index is 1.50. The van der Waals surface area contributed by atoms with Crippen molar-refractivity contribution in [3.63, 3.8) is 0 Å². The van der Waals surface area contributed by atoms with Gasteiger partial charge in [0.15, 0.2) is 21.3 Å². The minimum atomic E-state index is -3.79. The van der Waals surface area contributed by atoms with Crippen LogP contribution >= 0.6 is 0 Å². The van der Waals surface area contributed by atoms with Crippen LogP contribution in [-0.2, 0) is 16.4 Å². The first kappa shape index (κ1) is 23.1. The molecule has 2 aromatic carbocycles. The molecule has 0 radical (unpaired) electrons. The van der Waals surface area contributed by atoms with Gasteiger partial charge >= 0.3 is 0 Å². The molecule has 4 aromatic rings. The Labute approximate surface area is 201 Å². The molecule has 3 heterocycles. The Kier molecular flexibility index (Phi) is 5.41. The smallest absolute Gasteiger partial charge is 0.270 e. The van der Waals surface area contributed by atoms with E-state index in [0.29, 0.717) is 17.1 Å². The first-order valence-corrected chi connectivity index (χ1v) is 12.3. The molecule has 3 N–H and O–H groups in total. The third kappa shape index (κ3) is 3.67. The third-order valence-corrected chi connectivity index (χ3v) is 8.72. The van der Waals surface area contributed by atoms with Crippen LogP contribution in [0.1, 0.15) is 31.1 Å². The largest absolute Gasteiger partial charge is 0.414 e. The van der Waals surface area contributed by atoms with Gasteiger partial charge < -0.3 is 15.5 Å². The SMILES string of the molecule is CNCc1ccc(-c2nnc(-c3nc(-c4ccc5c(c4)C(F)C(C)(C)S5(=O)=O)cnc3N)o2)cc1. The molecule has 0 fully saturated rings. The highest BCUT2D eigenvalue weighted by atomic mass is 32.2. The lowest BCUT2D eigenvalue weighted by Gasteiger charge is -2.19. The predicted molar refractivity (Wildman–Crippen MR) is 128 cm³/mol. The Morgan fingerprint density at radius 2 is 1.77 bits per heavy atom. The Bertz CT molecular complexity index is 1530. The van der Waals surface area contributed by atoms with Crippen LogP contribution in [0.5, 0.6) is 0 Å². The van der Waals surface area contributed by atoms with Crippen molar-refractivity contribution in [3.8, 4) is 34.3 Å². The second-order valence-electron chi connectivity index (χ2n) is 8.85. The van der Waals surface area contributed by atoms with Gasteiger partial charge in [0.2, 0.25) is 5.89 Å². The van der Waals surface area contributed by atoms with E-state index >= 15 is 4.39 Å². The molecular weight excluding hydrogens is 471 g/mol. The van der Waals surface area contributed by atoms with Crippen LogP contribution in [0.25, 0.3) is 34.3 Å². The number of fused-ring (bicyclic) bond motifs is 1. The molecular formula is C24H23FN6O3S. The molecule has 0 spiro atoms. The summed E-state index contributed by atoms with van der Waals surface area (Å²) < 4.78 is 44.7. The summed E-state index contributed by atoms with van der Waals surface area (Å²) in [4.78, 5) is 8.69. The van der Waals surface area contributed by atoms with Gasteiger partial charge in [-0.1, -0.05) is 18.2 Å². The summed E-state index contributed by atoms with van der Waals surface area (Å²) in [6.07, 6.45) is -0.234. The van der Waals surface area contributed by atoms with Gasteiger partial charge in [-0.3, -0.25) is 0 Å². The van der Waals surface area contributed by atoms with Crippen molar-refractivity contribution in [1.82, 2.24) is 25.5 Å². The highest BCUT2D eigenvalue weighted by Crippen LogP contribution is 2.49. The second-order valence-corrected chi connectivity index (χ2v) is 11.3. The van der Waals surface area contributed by atoms with Gasteiger partial charge in [-0.05, 0) is 50.7 Å². The van der Waals surface area contributed by atoms with Gasteiger partial charge in [0.1, 0.15) is 10.9 Å². The van der Waals surface area contributed by atoms with Gasteiger partial charge in [-0.2, -0.15) is 0 Å². The molecule has 2 aromatic heterocycles. The van der Waals surface area contributed by atoms with E-state index in [-0.39, 0.29) is 27.9 Å². The van der Waals surface area contributed by atoms with Crippen LogP contribution in [0.4, 0.5) is 10.2 Å². The fourth-order valence-corrected chi connectivity index (χ4v) is 5.73. The first-order valence-electron chi connectivity index (χ1n) is 10.9. The van der Waals surface area contributed by atoms with E-state index in [9.17, 15) is 8.42 Å². The highest BCUT2D eigenvalue weighted by Gasteiger charge is 2.52. The van der Waals surface area contributed by atoms with Crippen molar-refractivity contribution >= 4 is 15.7 Å². The molecule has 180 valence electrons. The molecule has 35 heavy (non-hydrogen) atoms. The predicted octanol–water partition coefficient (Wildman–Crippen LogP) is 3.74. The molecule has 0 bridgehead atoms. The van der Waals surface area contributed by atoms with Crippen LogP contribution in [0.3, 0.4) is 0 Å². The molecule has 0 saturated carbocycles. The molecule has 11 heteroatoms. The Morgan fingerprint density at radius 3 is 2.49 bits per heavy atom. The monoisotopic (exact) mass is 494 g/mol. The summed E-state index contributed by atoms with van der Waals surface area (Å²) in [5.74, 6) is 0.466. The fourth-order valence-electron chi connectivity index (χ4n) is 4.04. The number of anilines is 1. The summed E-state index contributed by atoms with van der Waals surface area (Å²) in [7, 11) is -1.91. The molecule has 0 saturated heterocycles. The van der Waals surface area contributed by atoms with Crippen LogP contribution in [-0.4, -0.2) is 40.4 Å². The van der Waals surface area contributed by atoms with E-state index in [2.05, 4.69) is 25.5 Å². The number of nitrogens with zero attached hydrogens (tertiary/aromatic N) is 4. The van der Waals surface area contributed by atoms with Crippen molar-refractivity contribution < 1.29 is 17.2 Å². The number of halogens is 1. The van der Waals surface area contributed by atoms with Crippen LogP contribution in [0.15, 0.2) is 58.0 Å². The van der Waals surface area contributed by atoms with Gasteiger partial charge in [0.05, 0.1) is 16.8 Å². The number of aromatic nitrogens is 4. The summed E-state index contributed by atoms with van der Waals surface area (Å²) in [5.41, 5.74) is 9.03. The number of hydrogen-bond acceptors (Lipinski definition) is 9. The normalized spacial score (nSPS) is 17.9. The van der Waals surface area contributed by atoms with E-state index in [1.807, 2.05) is 31.3 Å². The van der Waals surface area contributed by atoms with E-state index in [0.717, 1.165) is 17.7 Å². The lowest BCUT2D eigenvalue weighted by atomic mass is 9.98. The summed E-state index contributed by atoms with van der Waals surface area (Å²) in [6, 6.07) is 12.1. The lowest BCUT2D eigenvalue weighted by molar-refractivity contribution is 0.284. The number of alkyl halides is 1. The molecule has 1 aliphatic rings. The molecule has 0 amide bonds. The van der Waals surface area contributed by atoms with Gasteiger partial charge in [0, 0.05) is 23.2 Å². The quantitative estimate of drug-likeness (QED) is 0.425. The summed E-state index contributed by atoms with van der Waals surface area (Å²) in [6.45, 7) is 3.51. The number of rotatable bonds is 5. The zero-order chi connectivity index (χ0) is 25.0. The average molecular weight is 495 g/mol. The summed E-state index contributed by atoms with van der Waals surface area (Å²) >= 11 is 0.